The second kappa shape index (κ2) is 9.39. The summed E-state index contributed by atoms with van der Waals surface area (Å²) in [7, 11) is 0. The third-order valence-corrected chi connectivity index (χ3v) is 5.87. The van der Waals surface area contributed by atoms with Crippen LogP contribution in [0.25, 0.3) is 6.08 Å². The highest BCUT2D eigenvalue weighted by Crippen LogP contribution is 2.36. The molecule has 0 spiro atoms. The number of hydrogen-bond acceptors (Lipinski definition) is 5. The normalized spacial score (nSPS) is 15.3. The Morgan fingerprint density at radius 2 is 1.74 bits per heavy atom. The lowest BCUT2D eigenvalue weighted by Crippen LogP contribution is -2.54. The Morgan fingerprint density at radius 3 is 2.32 bits per heavy atom. The van der Waals surface area contributed by atoms with E-state index >= 15 is 0 Å². The summed E-state index contributed by atoms with van der Waals surface area (Å²) < 4.78 is 6.20. The van der Waals surface area contributed by atoms with Crippen molar-refractivity contribution < 1.29 is 23.9 Å². The summed E-state index contributed by atoms with van der Waals surface area (Å²) in [6.45, 7) is -0.334. The zero-order valence-corrected chi connectivity index (χ0v) is 19.9. The van der Waals surface area contributed by atoms with E-state index in [0.717, 1.165) is 4.90 Å². The van der Waals surface area contributed by atoms with Crippen molar-refractivity contribution in [3.63, 3.8) is 0 Å². The summed E-state index contributed by atoms with van der Waals surface area (Å²) in [5.74, 6) is -2.03. The van der Waals surface area contributed by atoms with Gasteiger partial charge in [-0.15, -0.1) is 0 Å². The molecule has 0 saturated carbocycles. The number of imide groups is 2. The zero-order valence-electron chi connectivity index (χ0n) is 15.2. The van der Waals surface area contributed by atoms with Gasteiger partial charge in [0.2, 0.25) is 0 Å². The average Bonchev–Trinajstić information content (AvgIpc) is 2.67. The number of ether oxygens (including phenoxy) is 1. The fraction of sp³-hybridized carbons (Fsp3) is 0.0526. The van der Waals surface area contributed by atoms with Gasteiger partial charge in [0, 0.05) is 0 Å². The number of nitrogens with zero attached hydrogens (tertiary/aromatic N) is 1. The van der Waals surface area contributed by atoms with Crippen molar-refractivity contribution in [3.05, 3.63) is 60.5 Å². The van der Waals surface area contributed by atoms with Gasteiger partial charge in [-0.05, 0) is 73.8 Å². The van der Waals surface area contributed by atoms with E-state index < -0.39 is 23.8 Å². The van der Waals surface area contributed by atoms with Gasteiger partial charge in [-0.25, -0.2) is 9.69 Å². The first kappa shape index (κ1) is 23.3. The molecule has 3 rings (SSSR count). The van der Waals surface area contributed by atoms with Crippen LogP contribution in [0.3, 0.4) is 0 Å². The highest BCUT2D eigenvalue weighted by atomic mass is 79.9. The van der Waals surface area contributed by atoms with Gasteiger partial charge >= 0.3 is 6.03 Å². The van der Waals surface area contributed by atoms with Crippen LogP contribution in [0.15, 0.2) is 44.9 Å². The van der Waals surface area contributed by atoms with Gasteiger partial charge in [-0.3, -0.25) is 19.7 Å². The van der Waals surface area contributed by atoms with Gasteiger partial charge in [0.15, 0.2) is 6.61 Å². The summed E-state index contributed by atoms with van der Waals surface area (Å²) >= 11 is 18.5. The number of barbiturate groups is 1. The second-order valence-electron chi connectivity index (χ2n) is 6.12. The molecule has 160 valence electrons. The van der Waals surface area contributed by atoms with E-state index in [0.29, 0.717) is 20.3 Å². The molecule has 12 heteroatoms. The topological polar surface area (TPSA) is 119 Å². The maximum atomic E-state index is 13.0. The van der Waals surface area contributed by atoms with E-state index in [-0.39, 0.29) is 27.9 Å². The molecule has 0 radical (unpaired) electrons. The number of halogens is 4. The summed E-state index contributed by atoms with van der Waals surface area (Å²) in [4.78, 5) is 49.3. The molecule has 0 aliphatic carbocycles. The molecule has 31 heavy (non-hydrogen) atoms. The number of carbonyl (C=O) groups excluding carboxylic acids is 4. The Balaban J connectivity index is 1.98. The molecule has 8 nitrogen and oxygen atoms in total. The molecule has 5 amide bonds. The predicted octanol–water partition coefficient (Wildman–Crippen LogP) is 4.05. The van der Waals surface area contributed by atoms with Crippen LogP contribution in [0.5, 0.6) is 5.75 Å². The number of rotatable bonds is 5. The fourth-order valence-corrected chi connectivity index (χ4v) is 4.37. The molecule has 3 N–H and O–H groups in total. The van der Waals surface area contributed by atoms with Gasteiger partial charge in [0.05, 0.1) is 24.7 Å². The van der Waals surface area contributed by atoms with Crippen molar-refractivity contribution in [2.24, 2.45) is 5.73 Å². The number of nitrogens with one attached hydrogen (secondary N) is 1. The van der Waals surface area contributed by atoms with Crippen LogP contribution in [0, 0.1) is 0 Å². The first-order valence-electron chi connectivity index (χ1n) is 8.35. The van der Waals surface area contributed by atoms with Crippen LogP contribution in [-0.4, -0.2) is 30.4 Å². The van der Waals surface area contributed by atoms with Crippen LogP contribution < -0.4 is 20.7 Å². The highest BCUT2D eigenvalue weighted by molar-refractivity contribution is 9.11. The number of amides is 5. The Labute approximate surface area is 202 Å². The second-order valence-corrected chi connectivity index (χ2v) is 8.65. The summed E-state index contributed by atoms with van der Waals surface area (Å²) in [5.41, 5.74) is 5.38. The summed E-state index contributed by atoms with van der Waals surface area (Å²) in [6, 6.07) is 6.41. The number of urea groups is 1. The molecule has 0 bridgehead atoms. The Bertz CT molecular complexity index is 1150. The largest absolute Gasteiger partial charge is 0.481 e. The molecular formula is C19H11Br2Cl2N3O5. The number of nitrogens with two attached hydrogens (primary N) is 1. The van der Waals surface area contributed by atoms with Gasteiger partial charge in [0.25, 0.3) is 17.7 Å². The van der Waals surface area contributed by atoms with E-state index in [2.05, 4.69) is 37.2 Å². The highest BCUT2D eigenvalue weighted by Gasteiger charge is 2.37. The molecule has 1 aliphatic heterocycles. The fourth-order valence-electron chi connectivity index (χ4n) is 2.63. The van der Waals surface area contributed by atoms with Gasteiger partial charge in [-0.2, -0.15) is 0 Å². The molecule has 1 heterocycles. The lowest BCUT2D eigenvalue weighted by Gasteiger charge is -2.26. The van der Waals surface area contributed by atoms with Gasteiger partial charge < -0.3 is 10.5 Å². The third-order valence-electron chi connectivity index (χ3n) is 3.95. The first-order valence-corrected chi connectivity index (χ1v) is 10.7. The van der Waals surface area contributed by atoms with E-state index in [1.54, 1.807) is 12.1 Å². The van der Waals surface area contributed by atoms with E-state index in [4.69, 9.17) is 33.7 Å². The molecule has 2 aromatic carbocycles. The maximum absolute atomic E-state index is 13.0. The van der Waals surface area contributed by atoms with Crippen molar-refractivity contribution in [2.45, 2.75) is 0 Å². The molecule has 1 aliphatic rings. The predicted molar refractivity (Wildman–Crippen MR) is 122 cm³/mol. The van der Waals surface area contributed by atoms with Crippen molar-refractivity contribution in [1.29, 1.82) is 0 Å². The molecule has 0 aromatic heterocycles. The summed E-state index contributed by atoms with van der Waals surface area (Å²) in [6.07, 6.45) is 1.31. The minimum absolute atomic E-state index is 0.140. The molecular weight excluding hydrogens is 581 g/mol. The minimum atomic E-state index is -0.914. The number of benzene rings is 2. The average molecular weight is 592 g/mol. The van der Waals surface area contributed by atoms with Crippen LogP contribution >= 0.6 is 55.1 Å². The van der Waals surface area contributed by atoms with Crippen LogP contribution in [0.4, 0.5) is 10.5 Å². The van der Waals surface area contributed by atoms with Gasteiger partial charge in [0.1, 0.15) is 11.3 Å². The third kappa shape index (κ3) is 5.09. The minimum Gasteiger partial charge on any atom is -0.481 e. The van der Waals surface area contributed by atoms with E-state index in [1.165, 1.54) is 24.3 Å². The van der Waals surface area contributed by atoms with Crippen molar-refractivity contribution in [2.75, 3.05) is 11.5 Å². The lowest BCUT2D eigenvalue weighted by atomic mass is 10.1. The van der Waals surface area contributed by atoms with Crippen LogP contribution in [-0.2, 0) is 14.4 Å². The monoisotopic (exact) mass is 589 g/mol. The Hall–Kier alpha value is -2.40. The van der Waals surface area contributed by atoms with Crippen molar-refractivity contribution in [3.8, 4) is 5.75 Å². The zero-order chi connectivity index (χ0) is 22.9. The van der Waals surface area contributed by atoms with Crippen LogP contribution in [0.1, 0.15) is 5.56 Å². The Morgan fingerprint density at radius 1 is 1.10 bits per heavy atom. The molecule has 1 fully saturated rings. The Kier molecular flexibility index (Phi) is 7.05. The quantitative estimate of drug-likeness (QED) is 0.402. The number of primary amides is 1. The molecule has 0 atom stereocenters. The smallest absolute Gasteiger partial charge is 0.335 e. The van der Waals surface area contributed by atoms with Crippen LogP contribution in [0.2, 0.25) is 10.0 Å². The number of anilines is 1. The maximum Gasteiger partial charge on any atom is 0.335 e. The number of carbonyl (C=O) groups is 4. The standard InChI is InChI=1S/C19H11Br2Cl2N3O5/c20-11-4-8(5-12(21)16(11)31-7-15(24)27)3-10-17(28)25-19(30)26(18(10)29)9-1-2-13(22)14(23)6-9/h1-6H,7H2,(H2,24,27)(H,25,28,30)/b10-3+. The molecule has 1 saturated heterocycles. The lowest BCUT2D eigenvalue weighted by molar-refractivity contribution is -0.123. The van der Waals surface area contributed by atoms with Crippen molar-refractivity contribution in [1.82, 2.24) is 5.32 Å². The number of hydrogen-bond donors (Lipinski definition) is 2. The summed E-state index contributed by atoms with van der Waals surface area (Å²) in [5, 5.41) is 2.51. The first-order chi connectivity index (χ1) is 14.6. The molecule has 2 aromatic rings. The van der Waals surface area contributed by atoms with E-state index in [1.807, 2.05) is 0 Å². The SMILES string of the molecule is NC(=O)COc1c(Br)cc(/C=C2\C(=O)NC(=O)N(c3ccc(Cl)c(Cl)c3)C2=O)cc1Br. The molecule has 0 unspecified atom stereocenters. The van der Waals surface area contributed by atoms with E-state index in [9.17, 15) is 19.2 Å². The van der Waals surface area contributed by atoms with Gasteiger partial charge in [-0.1, -0.05) is 23.2 Å². The van der Waals surface area contributed by atoms with Crippen molar-refractivity contribution >= 4 is 90.6 Å².